The highest BCUT2D eigenvalue weighted by Crippen LogP contribution is 2.19. The molecule has 0 aromatic rings. The largest absolute Gasteiger partial charge is 0.314 e. The van der Waals surface area contributed by atoms with E-state index in [1.165, 1.54) is 58.5 Å². The quantitative estimate of drug-likeness (QED) is 0.692. The van der Waals surface area contributed by atoms with E-state index in [0.29, 0.717) is 0 Å². The Balaban J connectivity index is 1.49. The molecule has 3 aliphatic rings. The van der Waals surface area contributed by atoms with Crippen molar-refractivity contribution in [3.05, 3.63) is 12.2 Å². The van der Waals surface area contributed by atoms with Crippen molar-refractivity contribution in [1.82, 2.24) is 15.1 Å². The van der Waals surface area contributed by atoms with Gasteiger partial charge in [-0.05, 0) is 19.3 Å². The van der Waals surface area contributed by atoms with E-state index in [-0.39, 0.29) is 0 Å². The van der Waals surface area contributed by atoms with Crippen LogP contribution in [0.5, 0.6) is 0 Å². The van der Waals surface area contributed by atoms with Crippen LogP contribution in [-0.4, -0.2) is 61.2 Å². The van der Waals surface area contributed by atoms with Crippen LogP contribution in [0.25, 0.3) is 0 Å². The number of hydrogen-bond donors (Lipinski definition) is 1. The van der Waals surface area contributed by atoms with Crippen molar-refractivity contribution in [2.45, 2.75) is 31.3 Å². The van der Waals surface area contributed by atoms with Crippen molar-refractivity contribution in [3.63, 3.8) is 0 Å². The Labute approximate surface area is 98.5 Å². The highest BCUT2D eigenvalue weighted by atomic mass is 15.3. The van der Waals surface area contributed by atoms with Gasteiger partial charge in [-0.15, -0.1) is 0 Å². The maximum absolute atomic E-state index is 3.37. The lowest BCUT2D eigenvalue weighted by Crippen LogP contribution is -2.62. The van der Waals surface area contributed by atoms with Gasteiger partial charge in [-0.2, -0.15) is 0 Å². The molecule has 0 bridgehead atoms. The molecule has 90 valence electrons. The standard InChI is InChI=1S/C13H23N3/c1-2-4-12(5-3-1)15-6-8-16(9-7-15)13-10-14-11-13/h2,4,12-14H,1,3,5-11H2. The molecule has 0 aromatic carbocycles. The molecule has 1 N–H and O–H groups in total. The summed E-state index contributed by atoms with van der Waals surface area (Å²) in [4.78, 5) is 5.35. The van der Waals surface area contributed by atoms with Crippen LogP contribution in [0.1, 0.15) is 19.3 Å². The average molecular weight is 221 g/mol. The first-order valence-corrected chi connectivity index (χ1v) is 6.79. The fourth-order valence-corrected chi connectivity index (χ4v) is 3.06. The van der Waals surface area contributed by atoms with Gasteiger partial charge in [-0.25, -0.2) is 0 Å². The summed E-state index contributed by atoms with van der Waals surface area (Å²) in [6, 6.07) is 1.58. The van der Waals surface area contributed by atoms with Crippen molar-refractivity contribution in [2.24, 2.45) is 0 Å². The molecule has 2 aliphatic heterocycles. The fraction of sp³-hybridized carbons (Fsp3) is 0.846. The summed E-state index contributed by atoms with van der Waals surface area (Å²) in [6.07, 6.45) is 8.86. The van der Waals surface area contributed by atoms with Crippen LogP contribution < -0.4 is 5.32 Å². The third kappa shape index (κ3) is 2.17. The number of nitrogens with one attached hydrogen (secondary N) is 1. The molecule has 1 atom stereocenters. The molecule has 2 fully saturated rings. The molecule has 0 saturated carbocycles. The van der Waals surface area contributed by atoms with Crippen LogP contribution in [0, 0.1) is 0 Å². The van der Waals surface area contributed by atoms with Gasteiger partial charge in [0.15, 0.2) is 0 Å². The summed E-state index contributed by atoms with van der Waals surface area (Å²) < 4.78 is 0. The van der Waals surface area contributed by atoms with E-state index in [9.17, 15) is 0 Å². The smallest absolute Gasteiger partial charge is 0.0346 e. The Bertz CT molecular complexity index is 252. The van der Waals surface area contributed by atoms with E-state index < -0.39 is 0 Å². The summed E-state index contributed by atoms with van der Waals surface area (Å²) in [6.45, 7) is 7.51. The zero-order chi connectivity index (χ0) is 10.8. The Kier molecular flexibility index (Phi) is 3.27. The minimum atomic E-state index is 0.746. The Morgan fingerprint density at radius 3 is 2.31 bits per heavy atom. The maximum atomic E-state index is 3.37. The zero-order valence-electron chi connectivity index (χ0n) is 10.1. The first-order valence-electron chi connectivity index (χ1n) is 6.79. The Morgan fingerprint density at radius 2 is 1.75 bits per heavy atom. The predicted octanol–water partition coefficient (Wildman–Crippen LogP) is 0.684. The second-order valence-corrected chi connectivity index (χ2v) is 5.31. The molecule has 2 saturated heterocycles. The van der Waals surface area contributed by atoms with E-state index in [4.69, 9.17) is 0 Å². The van der Waals surface area contributed by atoms with Gasteiger partial charge < -0.3 is 5.32 Å². The average Bonchev–Trinajstić information content (AvgIpc) is 2.29. The molecule has 3 rings (SSSR count). The van der Waals surface area contributed by atoms with Crippen LogP contribution >= 0.6 is 0 Å². The monoisotopic (exact) mass is 221 g/mol. The van der Waals surface area contributed by atoms with E-state index in [2.05, 4.69) is 27.3 Å². The van der Waals surface area contributed by atoms with Crippen LogP contribution in [0.3, 0.4) is 0 Å². The summed E-state index contributed by atoms with van der Waals surface area (Å²) in [5, 5.41) is 3.37. The zero-order valence-corrected chi connectivity index (χ0v) is 10.1. The molecule has 2 heterocycles. The van der Waals surface area contributed by atoms with Crippen molar-refractivity contribution in [2.75, 3.05) is 39.3 Å². The fourth-order valence-electron chi connectivity index (χ4n) is 3.06. The van der Waals surface area contributed by atoms with Gasteiger partial charge in [0.1, 0.15) is 0 Å². The highest BCUT2D eigenvalue weighted by Gasteiger charge is 2.29. The molecule has 0 amide bonds. The van der Waals surface area contributed by atoms with Gasteiger partial charge in [0.2, 0.25) is 0 Å². The first kappa shape index (κ1) is 10.8. The lowest BCUT2D eigenvalue weighted by molar-refractivity contribution is 0.0582. The van der Waals surface area contributed by atoms with Crippen LogP contribution in [-0.2, 0) is 0 Å². The summed E-state index contributed by atoms with van der Waals surface area (Å²) >= 11 is 0. The molecular formula is C13H23N3. The first-order chi connectivity index (χ1) is 7.93. The van der Waals surface area contributed by atoms with Crippen molar-refractivity contribution >= 4 is 0 Å². The van der Waals surface area contributed by atoms with Crippen LogP contribution in [0.2, 0.25) is 0 Å². The van der Waals surface area contributed by atoms with E-state index in [1.807, 2.05) is 0 Å². The maximum Gasteiger partial charge on any atom is 0.0346 e. The third-order valence-corrected chi connectivity index (χ3v) is 4.32. The number of rotatable bonds is 2. The van der Waals surface area contributed by atoms with E-state index in [0.717, 1.165) is 12.1 Å². The third-order valence-electron chi connectivity index (χ3n) is 4.32. The molecule has 1 unspecified atom stereocenters. The SMILES string of the molecule is C1=CC(N2CCN(C3CNC3)CC2)CCC1. The lowest BCUT2D eigenvalue weighted by atomic mass is 10.0. The Morgan fingerprint density at radius 1 is 1.00 bits per heavy atom. The molecule has 0 spiro atoms. The molecular weight excluding hydrogens is 198 g/mol. The highest BCUT2D eigenvalue weighted by molar-refractivity contribution is 5.00. The molecule has 16 heavy (non-hydrogen) atoms. The summed E-state index contributed by atoms with van der Waals surface area (Å²) in [7, 11) is 0. The lowest BCUT2D eigenvalue weighted by Gasteiger charge is -2.45. The van der Waals surface area contributed by atoms with Crippen molar-refractivity contribution in [1.29, 1.82) is 0 Å². The normalized spacial score (nSPS) is 33.9. The summed E-state index contributed by atoms with van der Waals surface area (Å²) in [5.74, 6) is 0. The molecule has 3 heteroatoms. The number of hydrogen-bond acceptors (Lipinski definition) is 3. The second kappa shape index (κ2) is 4.86. The van der Waals surface area contributed by atoms with Gasteiger partial charge >= 0.3 is 0 Å². The van der Waals surface area contributed by atoms with Crippen molar-refractivity contribution < 1.29 is 0 Å². The minimum Gasteiger partial charge on any atom is -0.314 e. The van der Waals surface area contributed by atoms with Crippen LogP contribution in [0.4, 0.5) is 0 Å². The van der Waals surface area contributed by atoms with Gasteiger partial charge in [0.25, 0.3) is 0 Å². The molecule has 1 aliphatic carbocycles. The minimum absolute atomic E-state index is 0.746. The predicted molar refractivity (Wildman–Crippen MR) is 66.6 cm³/mol. The number of allylic oxidation sites excluding steroid dienone is 1. The Hall–Kier alpha value is -0.380. The second-order valence-electron chi connectivity index (χ2n) is 5.31. The topological polar surface area (TPSA) is 18.5 Å². The van der Waals surface area contributed by atoms with Gasteiger partial charge in [0.05, 0.1) is 0 Å². The van der Waals surface area contributed by atoms with Gasteiger partial charge in [-0.1, -0.05) is 12.2 Å². The molecule has 0 aromatic heterocycles. The summed E-state index contributed by atoms with van der Waals surface area (Å²) in [5.41, 5.74) is 0. The van der Waals surface area contributed by atoms with E-state index >= 15 is 0 Å². The van der Waals surface area contributed by atoms with Crippen LogP contribution in [0.15, 0.2) is 12.2 Å². The van der Waals surface area contributed by atoms with Gasteiger partial charge in [-0.3, -0.25) is 9.80 Å². The van der Waals surface area contributed by atoms with Crippen molar-refractivity contribution in [3.8, 4) is 0 Å². The molecule has 3 nitrogen and oxygen atoms in total. The molecule has 0 radical (unpaired) electrons. The number of piperazine rings is 1. The van der Waals surface area contributed by atoms with Gasteiger partial charge in [0, 0.05) is 51.4 Å². The number of nitrogens with zero attached hydrogens (tertiary/aromatic N) is 2. The van der Waals surface area contributed by atoms with E-state index in [1.54, 1.807) is 0 Å².